The number of likely N-dealkylation sites (N-methyl/N-ethyl adjacent to an activating group) is 1. The Morgan fingerprint density at radius 1 is 1.82 bits per heavy atom. The molecule has 0 aromatic rings. The lowest BCUT2D eigenvalue weighted by Gasteiger charge is -2.17. The van der Waals surface area contributed by atoms with E-state index >= 15 is 0 Å². The second-order valence-electron chi connectivity index (χ2n) is 2.66. The molecular formula is C7H13NO3. The summed E-state index contributed by atoms with van der Waals surface area (Å²) in [6.07, 6.45) is 1.67. The third-order valence-electron chi connectivity index (χ3n) is 1.91. The van der Waals surface area contributed by atoms with Crippen molar-refractivity contribution in [3.05, 3.63) is 0 Å². The van der Waals surface area contributed by atoms with Crippen molar-refractivity contribution in [2.45, 2.75) is 25.0 Å². The normalized spacial score (nSPS) is 26.8. The van der Waals surface area contributed by atoms with Crippen molar-refractivity contribution in [2.75, 3.05) is 13.7 Å². The number of carbonyl (C=O) groups is 1. The van der Waals surface area contributed by atoms with Crippen molar-refractivity contribution in [3.8, 4) is 0 Å². The van der Waals surface area contributed by atoms with Gasteiger partial charge in [0.1, 0.15) is 6.04 Å². The fraction of sp³-hybridized carbons (Fsp3) is 0.857. The molecule has 0 aromatic carbocycles. The molecule has 2 atom stereocenters. The van der Waals surface area contributed by atoms with E-state index in [-0.39, 0.29) is 6.10 Å². The van der Waals surface area contributed by atoms with Crippen molar-refractivity contribution < 1.29 is 14.6 Å². The fourth-order valence-corrected chi connectivity index (χ4v) is 1.33. The lowest BCUT2D eigenvalue weighted by molar-refractivity contribution is -0.142. The summed E-state index contributed by atoms with van der Waals surface area (Å²) < 4.78 is 5.22. The van der Waals surface area contributed by atoms with Gasteiger partial charge in [0.25, 0.3) is 0 Å². The number of aliphatic carboxylic acids is 1. The van der Waals surface area contributed by atoms with Gasteiger partial charge in [-0.2, -0.15) is 0 Å². The first-order valence-electron chi connectivity index (χ1n) is 3.77. The zero-order valence-corrected chi connectivity index (χ0v) is 6.54. The predicted molar refractivity (Wildman–Crippen MR) is 39.5 cm³/mol. The van der Waals surface area contributed by atoms with Crippen LogP contribution in [0.1, 0.15) is 12.8 Å². The first-order chi connectivity index (χ1) is 5.25. The van der Waals surface area contributed by atoms with E-state index in [2.05, 4.69) is 5.32 Å². The van der Waals surface area contributed by atoms with Crippen LogP contribution in [0.15, 0.2) is 0 Å². The molecule has 0 spiro atoms. The van der Waals surface area contributed by atoms with Crippen LogP contribution in [-0.2, 0) is 9.53 Å². The minimum Gasteiger partial charge on any atom is -0.480 e. The van der Waals surface area contributed by atoms with E-state index in [1.54, 1.807) is 7.05 Å². The van der Waals surface area contributed by atoms with Gasteiger partial charge in [0.15, 0.2) is 0 Å². The maximum Gasteiger partial charge on any atom is 0.323 e. The minimum absolute atomic E-state index is 0.141. The molecule has 1 aliphatic rings. The SMILES string of the molecule is CNC(C(=O)O)C1CCCO1. The largest absolute Gasteiger partial charge is 0.480 e. The lowest BCUT2D eigenvalue weighted by atomic mass is 10.1. The highest BCUT2D eigenvalue weighted by Gasteiger charge is 2.29. The molecule has 0 aliphatic carbocycles. The van der Waals surface area contributed by atoms with Crippen LogP contribution in [0.2, 0.25) is 0 Å². The highest BCUT2D eigenvalue weighted by molar-refractivity contribution is 5.74. The third kappa shape index (κ3) is 1.91. The molecule has 2 N–H and O–H groups in total. The summed E-state index contributed by atoms with van der Waals surface area (Å²) in [5.41, 5.74) is 0. The first kappa shape index (κ1) is 8.49. The quantitative estimate of drug-likeness (QED) is 0.600. The molecule has 1 saturated heterocycles. The molecular weight excluding hydrogens is 146 g/mol. The van der Waals surface area contributed by atoms with Gasteiger partial charge in [0, 0.05) is 6.61 Å². The Hall–Kier alpha value is -0.610. The van der Waals surface area contributed by atoms with E-state index in [1.165, 1.54) is 0 Å². The standard InChI is InChI=1S/C7H13NO3/c1-8-6(7(9)10)5-3-2-4-11-5/h5-6,8H,2-4H2,1H3,(H,9,10). The van der Waals surface area contributed by atoms with E-state index in [0.717, 1.165) is 12.8 Å². The number of rotatable bonds is 3. The maximum atomic E-state index is 10.6. The van der Waals surface area contributed by atoms with Gasteiger partial charge in [-0.25, -0.2) is 0 Å². The molecule has 2 unspecified atom stereocenters. The van der Waals surface area contributed by atoms with Crippen LogP contribution in [0.25, 0.3) is 0 Å². The smallest absolute Gasteiger partial charge is 0.323 e. The molecule has 1 fully saturated rings. The van der Waals surface area contributed by atoms with E-state index in [0.29, 0.717) is 6.61 Å². The first-order valence-corrected chi connectivity index (χ1v) is 3.77. The molecule has 1 heterocycles. The molecule has 11 heavy (non-hydrogen) atoms. The van der Waals surface area contributed by atoms with Gasteiger partial charge in [-0.15, -0.1) is 0 Å². The molecule has 1 rings (SSSR count). The van der Waals surface area contributed by atoms with Crippen LogP contribution >= 0.6 is 0 Å². The molecule has 4 nitrogen and oxygen atoms in total. The Bertz CT molecular complexity index is 143. The Kier molecular flexibility index (Phi) is 2.84. The zero-order valence-electron chi connectivity index (χ0n) is 6.54. The summed E-state index contributed by atoms with van der Waals surface area (Å²) in [5, 5.41) is 11.4. The topological polar surface area (TPSA) is 58.6 Å². The van der Waals surface area contributed by atoms with Crippen LogP contribution in [-0.4, -0.2) is 36.9 Å². The molecule has 4 heteroatoms. The summed E-state index contributed by atoms with van der Waals surface area (Å²) in [5.74, 6) is -0.834. The summed E-state index contributed by atoms with van der Waals surface area (Å²) >= 11 is 0. The monoisotopic (exact) mass is 159 g/mol. The van der Waals surface area contributed by atoms with Crippen LogP contribution in [0.3, 0.4) is 0 Å². The second kappa shape index (κ2) is 3.69. The number of nitrogens with one attached hydrogen (secondary N) is 1. The molecule has 0 amide bonds. The molecule has 0 aromatic heterocycles. The molecule has 64 valence electrons. The molecule has 1 aliphatic heterocycles. The second-order valence-corrected chi connectivity index (χ2v) is 2.66. The van der Waals surface area contributed by atoms with Crippen molar-refractivity contribution in [1.82, 2.24) is 5.32 Å². The van der Waals surface area contributed by atoms with Crippen molar-refractivity contribution >= 4 is 5.97 Å². The Morgan fingerprint density at radius 2 is 2.55 bits per heavy atom. The van der Waals surface area contributed by atoms with Gasteiger partial charge in [0.2, 0.25) is 0 Å². The zero-order chi connectivity index (χ0) is 8.27. The minimum atomic E-state index is -0.834. The maximum absolute atomic E-state index is 10.6. The van der Waals surface area contributed by atoms with Crippen LogP contribution in [0.5, 0.6) is 0 Å². The lowest BCUT2D eigenvalue weighted by Crippen LogP contribution is -2.43. The van der Waals surface area contributed by atoms with Gasteiger partial charge in [-0.3, -0.25) is 4.79 Å². The molecule has 0 saturated carbocycles. The predicted octanol–water partition coefficient (Wildman–Crippen LogP) is -0.162. The Morgan fingerprint density at radius 3 is 2.91 bits per heavy atom. The summed E-state index contributed by atoms with van der Waals surface area (Å²) in [7, 11) is 1.64. The van der Waals surface area contributed by atoms with Crippen LogP contribution in [0.4, 0.5) is 0 Å². The average Bonchev–Trinajstić information content (AvgIpc) is 2.40. The van der Waals surface area contributed by atoms with Crippen LogP contribution < -0.4 is 5.32 Å². The molecule has 0 radical (unpaired) electrons. The summed E-state index contributed by atoms with van der Waals surface area (Å²) in [4.78, 5) is 10.6. The highest BCUT2D eigenvalue weighted by Crippen LogP contribution is 2.15. The Labute approximate surface area is 65.5 Å². The van der Waals surface area contributed by atoms with Crippen molar-refractivity contribution in [2.24, 2.45) is 0 Å². The Balaban J connectivity index is 2.46. The van der Waals surface area contributed by atoms with Gasteiger partial charge in [-0.1, -0.05) is 0 Å². The summed E-state index contributed by atoms with van der Waals surface area (Å²) in [6, 6.07) is -0.544. The van der Waals surface area contributed by atoms with Crippen molar-refractivity contribution in [3.63, 3.8) is 0 Å². The summed E-state index contributed by atoms with van der Waals surface area (Å²) in [6.45, 7) is 0.691. The van der Waals surface area contributed by atoms with E-state index < -0.39 is 12.0 Å². The van der Waals surface area contributed by atoms with E-state index in [9.17, 15) is 4.79 Å². The average molecular weight is 159 g/mol. The molecule has 0 bridgehead atoms. The van der Waals surface area contributed by atoms with Gasteiger partial charge in [-0.05, 0) is 19.9 Å². The van der Waals surface area contributed by atoms with E-state index in [1.807, 2.05) is 0 Å². The van der Waals surface area contributed by atoms with Crippen molar-refractivity contribution in [1.29, 1.82) is 0 Å². The number of ether oxygens (including phenoxy) is 1. The number of carboxylic acid groups (broad SMARTS) is 1. The van der Waals surface area contributed by atoms with Crippen LogP contribution in [0, 0.1) is 0 Å². The van der Waals surface area contributed by atoms with Gasteiger partial charge < -0.3 is 15.2 Å². The third-order valence-corrected chi connectivity index (χ3v) is 1.91. The van der Waals surface area contributed by atoms with Gasteiger partial charge >= 0.3 is 5.97 Å². The number of carboxylic acids is 1. The fourth-order valence-electron chi connectivity index (χ4n) is 1.33. The van der Waals surface area contributed by atoms with E-state index in [4.69, 9.17) is 9.84 Å². The van der Waals surface area contributed by atoms with Gasteiger partial charge in [0.05, 0.1) is 6.10 Å². The number of hydrogen-bond acceptors (Lipinski definition) is 3. The highest BCUT2D eigenvalue weighted by atomic mass is 16.5. The number of hydrogen-bond donors (Lipinski definition) is 2.